The van der Waals surface area contributed by atoms with Crippen LogP contribution in [-0.4, -0.2) is 47.4 Å². The number of nitrogen functional groups attached to an aromatic ring is 2. The maximum absolute atomic E-state index is 9.44. The molecular weight excluding hydrogens is 308 g/mol. The van der Waals surface area contributed by atoms with Crippen LogP contribution >= 0.6 is 0 Å². The molecule has 0 atom stereocenters. The van der Waals surface area contributed by atoms with Gasteiger partial charge in [-0.25, -0.2) is 4.68 Å². The molecule has 1 aromatic heterocycles. The van der Waals surface area contributed by atoms with Crippen molar-refractivity contribution in [1.82, 2.24) is 9.78 Å². The molecule has 0 aliphatic carbocycles. The molecule has 14 heteroatoms. The minimum Gasteiger partial charge on any atom is -0.394 e. The molecule has 0 saturated heterocycles. The molecule has 19 heavy (non-hydrogen) atoms. The summed E-state index contributed by atoms with van der Waals surface area (Å²) in [6.07, 6.45) is 1.46. The fourth-order valence-corrected chi connectivity index (χ4v) is 1.66. The standard InChI is InChI=1S/C5H10N4O.H2O7S2/c6-4-3-8-9(1-2-10)5(4)7;1-8(2,3)7-9(4,5)6/h3,10H,1-2,6-7H2;(H,1,2,3)(H,4,5,6). The van der Waals surface area contributed by atoms with Gasteiger partial charge in [0.2, 0.25) is 0 Å². The molecule has 0 bridgehead atoms. The van der Waals surface area contributed by atoms with Gasteiger partial charge in [0.1, 0.15) is 5.82 Å². The second-order valence-electron chi connectivity index (χ2n) is 2.86. The molecule has 12 nitrogen and oxygen atoms in total. The molecule has 1 heterocycles. The maximum atomic E-state index is 9.44. The smallest absolute Gasteiger partial charge is 0.394 e. The molecule has 112 valence electrons. The first-order chi connectivity index (χ1) is 8.46. The molecule has 0 saturated carbocycles. The number of aromatic nitrogens is 2. The van der Waals surface area contributed by atoms with E-state index in [4.69, 9.17) is 25.7 Å². The first-order valence-corrected chi connectivity index (χ1v) is 7.03. The Balaban J connectivity index is 0.000000344. The molecular formula is C5H12N4O8S2. The second-order valence-corrected chi connectivity index (χ2v) is 5.11. The lowest BCUT2D eigenvalue weighted by atomic mass is 10.5. The fourth-order valence-electron chi connectivity index (χ4n) is 0.791. The predicted molar refractivity (Wildman–Crippen MR) is 62.3 cm³/mol. The molecule has 0 amide bonds. The number of hydrogen-bond donors (Lipinski definition) is 5. The first-order valence-electron chi connectivity index (χ1n) is 4.30. The highest BCUT2D eigenvalue weighted by atomic mass is 32.3. The topological polar surface area (TPSA) is 208 Å². The van der Waals surface area contributed by atoms with Gasteiger partial charge in [-0.2, -0.15) is 21.9 Å². The Hall–Kier alpha value is -1.45. The molecule has 0 aliphatic heterocycles. The summed E-state index contributed by atoms with van der Waals surface area (Å²) in [6.45, 7) is 0.411. The highest BCUT2D eigenvalue weighted by Gasteiger charge is 2.15. The van der Waals surface area contributed by atoms with Gasteiger partial charge in [0.15, 0.2) is 0 Å². The van der Waals surface area contributed by atoms with E-state index in [0.717, 1.165) is 0 Å². The predicted octanol–water partition coefficient (Wildman–Crippen LogP) is -2.35. The van der Waals surface area contributed by atoms with Crippen LogP contribution in [0.3, 0.4) is 0 Å². The van der Waals surface area contributed by atoms with Crippen molar-refractivity contribution in [3.63, 3.8) is 0 Å². The van der Waals surface area contributed by atoms with Crippen LogP contribution in [0.1, 0.15) is 0 Å². The number of nitrogens with two attached hydrogens (primary N) is 2. The second kappa shape index (κ2) is 6.64. The SMILES string of the molecule is Nc1cnn(CCO)c1N.O=S(=O)(O)OS(=O)(=O)O. The molecule has 0 fully saturated rings. The van der Waals surface area contributed by atoms with Crippen LogP contribution in [0.2, 0.25) is 0 Å². The van der Waals surface area contributed by atoms with Gasteiger partial charge in [0, 0.05) is 0 Å². The monoisotopic (exact) mass is 320 g/mol. The number of anilines is 2. The summed E-state index contributed by atoms with van der Waals surface area (Å²) in [7, 11) is -10.2. The van der Waals surface area contributed by atoms with Crippen molar-refractivity contribution >= 4 is 32.3 Å². The highest BCUT2D eigenvalue weighted by molar-refractivity contribution is 7.94. The molecule has 0 spiro atoms. The average Bonchev–Trinajstić information content (AvgIpc) is 2.45. The van der Waals surface area contributed by atoms with E-state index in [2.05, 4.69) is 8.73 Å². The van der Waals surface area contributed by atoms with E-state index in [-0.39, 0.29) is 6.61 Å². The highest BCUT2D eigenvalue weighted by Crippen LogP contribution is 2.11. The van der Waals surface area contributed by atoms with Gasteiger partial charge >= 0.3 is 20.8 Å². The summed E-state index contributed by atoms with van der Waals surface area (Å²) in [4.78, 5) is 0. The van der Waals surface area contributed by atoms with Crippen molar-refractivity contribution in [1.29, 1.82) is 0 Å². The Kier molecular flexibility index (Phi) is 6.13. The molecule has 1 rings (SSSR count). The summed E-state index contributed by atoms with van der Waals surface area (Å²) in [5.41, 5.74) is 11.3. The van der Waals surface area contributed by atoms with Crippen molar-refractivity contribution in [3.05, 3.63) is 6.20 Å². The first kappa shape index (κ1) is 17.6. The minimum atomic E-state index is -5.12. The van der Waals surface area contributed by atoms with Crippen molar-refractivity contribution in [2.75, 3.05) is 18.1 Å². The minimum absolute atomic E-state index is 0.0192. The summed E-state index contributed by atoms with van der Waals surface area (Å²) >= 11 is 0. The third kappa shape index (κ3) is 8.30. The van der Waals surface area contributed by atoms with Crippen LogP contribution < -0.4 is 11.5 Å². The normalized spacial score (nSPS) is 11.7. The van der Waals surface area contributed by atoms with Crippen LogP contribution in [0.4, 0.5) is 11.5 Å². The zero-order chi connectivity index (χ0) is 15.3. The van der Waals surface area contributed by atoms with Gasteiger partial charge in [-0.1, -0.05) is 0 Å². The Morgan fingerprint density at radius 1 is 1.21 bits per heavy atom. The van der Waals surface area contributed by atoms with E-state index in [0.29, 0.717) is 18.1 Å². The van der Waals surface area contributed by atoms with Crippen LogP contribution in [-0.2, 0) is 31.0 Å². The van der Waals surface area contributed by atoms with Gasteiger partial charge in [-0.05, 0) is 0 Å². The Labute approximate surface area is 108 Å². The lowest BCUT2D eigenvalue weighted by Crippen LogP contribution is -2.10. The van der Waals surface area contributed by atoms with E-state index in [1.54, 1.807) is 0 Å². The van der Waals surface area contributed by atoms with E-state index in [1.165, 1.54) is 10.9 Å². The van der Waals surface area contributed by atoms with Crippen molar-refractivity contribution in [3.8, 4) is 0 Å². The maximum Gasteiger partial charge on any atom is 0.413 e. The number of hydrogen-bond acceptors (Lipinski definition) is 9. The van der Waals surface area contributed by atoms with Gasteiger partial charge in [0.25, 0.3) is 0 Å². The van der Waals surface area contributed by atoms with Crippen molar-refractivity contribution in [2.45, 2.75) is 6.54 Å². The van der Waals surface area contributed by atoms with E-state index in [1.807, 2.05) is 0 Å². The molecule has 7 N–H and O–H groups in total. The molecule has 0 radical (unpaired) electrons. The van der Waals surface area contributed by atoms with E-state index >= 15 is 0 Å². The summed E-state index contributed by atoms with van der Waals surface area (Å²) in [6, 6.07) is 0. The average molecular weight is 320 g/mol. The third-order valence-electron chi connectivity index (χ3n) is 1.39. The number of nitrogens with zero attached hydrogens (tertiary/aromatic N) is 2. The largest absolute Gasteiger partial charge is 0.413 e. The van der Waals surface area contributed by atoms with Gasteiger partial charge in [0.05, 0.1) is 25.0 Å². The van der Waals surface area contributed by atoms with Crippen LogP contribution in [0, 0.1) is 0 Å². The zero-order valence-corrected chi connectivity index (χ0v) is 10.9. The quantitative estimate of drug-likeness (QED) is 0.371. The third-order valence-corrected chi connectivity index (χ3v) is 2.77. The number of aliphatic hydroxyl groups is 1. The number of aliphatic hydroxyl groups excluding tert-OH is 1. The fraction of sp³-hybridized carbons (Fsp3) is 0.400. The Morgan fingerprint density at radius 2 is 1.68 bits per heavy atom. The van der Waals surface area contributed by atoms with Gasteiger partial charge < -0.3 is 16.6 Å². The van der Waals surface area contributed by atoms with Gasteiger partial charge in [-0.3, -0.25) is 9.11 Å². The van der Waals surface area contributed by atoms with Crippen LogP contribution in [0.15, 0.2) is 6.20 Å². The molecule has 1 aromatic rings. The number of rotatable bonds is 4. The van der Waals surface area contributed by atoms with E-state index < -0.39 is 20.8 Å². The summed E-state index contributed by atoms with van der Waals surface area (Å²) in [5.74, 6) is 0.411. The van der Waals surface area contributed by atoms with Crippen LogP contribution in [0.25, 0.3) is 0 Å². The summed E-state index contributed by atoms with van der Waals surface area (Å²) in [5, 5.41) is 12.3. The Morgan fingerprint density at radius 3 is 1.89 bits per heavy atom. The summed E-state index contributed by atoms with van der Waals surface area (Å²) < 4.78 is 57.0. The van der Waals surface area contributed by atoms with Gasteiger partial charge in [-0.15, -0.1) is 3.63 Å². The molecule has 0 unspecified atom stereocenters. The van der Waals surface area contributed by atoms with E-state index in [9.17, 15) is 16.8 Å². The Bertz CT molecular complexity index is 575. The molecule has 0 aromatic carbocycles. The van der Waals surface area contributed by atoms with Crippen molar-refractivity contribution in [2.24, 2.45) is 0 Å². The lowest BCUT2D eigenvalue weighted by Gasteiger charge is -1.99. The lowest BCUT2D eigenvalue weighted by molar-refractivity contribution is 0.270. The van der Waals surface area contributed by atoms with Crippen molar-refractivity contribution < 1.29 is 34.7 Å². The van der Waals surface area contributed by atoms with Crippen LogP contribution in [0.5, 0.6) is 0 Å². The molecule has 0 aliphatic rings. The zero-order valence-electron chi connectivity index (χ0n) is 9.24.